The lowest BCUT2D eigenvalue weighted by Crippen LogP contribution is -2.28. The van der Waals surface area contributed by atoms with Crippen molar-refractivity contribution < 1.29 is 15.0 Å². The molecule has 78 valence electrons. The number of rotatable bonds is 6. The van der Waals surface area contributed by atoms with Crippen LogP contribution >= 0.6 is 0 Å². The first-order valence-electron chi connectivity index (χ1n) is 4.57. The van der Waals surface area contributed by atoms with Crippen LogP contribution in [0.5, 0.6) is 0 Å². The molecule has 0 spiro atoms. The highest BCUT2D eigenvalue weighted by atomic mass is 16.4. The van der Waals surface area contributed by atoms with E-state index in [0.29, 0.717) is 12.3 Å². The van der Waals surface area contributed by atoms with Gasteiger partial charge in [0.05, 0.1) is 12.5 Å². The Morgan fingerprint density at radius 3 is 2.31 bits per heavy atom. The van der Waals surface area contributed by atoms with Crippen molar-refractivity contribution in [2.24, 2.45) is 11.7 Å². The SMILES string of the molecule is CC(C)CC(N)CC(O)CC(=O)O. The normalized spacial score (nSPS) is 15.8. The lowest BCUT2D eigenvalue weighted by Gasteiger charge is -2.16. The maximum absolute atomic E-state index is 10.2. The molecule has 0 radical (unpaired) electrons. The maximum Gasteiger partial charge on any atom is 0.305 e. The number of aliphatic hydroxyl groups excluding tert-OH is 1. The first kappa shape index (κ1) is 12.4. The number of carboxylic acids is 1. The Balaban J connectivity index is 3.64. The van der Waals surface area contributed by atoms with E-state index in [2.05, 4.69) is 0 Å². The van der Waals surface area contributed by atoms with Crippen LogP contribution in [-0.2, 0) is 4.79 Å². The van der Waals surface area contributed by atoms with E-state index in [1.807, 2.05) is 13.8 Å². The predicted molar refractivity (Wildman–Crippen MR) is 50.3 cm³/mol. The molecule has 2 atom stereocenters. The van der Waals surface area contributed by atoms with E-state index in [9.17, 15) is 9.90 Å². The molecule has 4 nitrogen and oxygen atoms in total. The minimum absolute atomic E-state index is 0.102. The number of hydrogen-bond acceptors (Lipinski definition) is 3. The van der Waals surface area contributed by atoms with Gasteiger partial charge in [-0.1, -0.05) is 13.8 Å². The summed E-state index contributed by atoms with van der Waals surface area (Å²) in [5, 5.41) is 17.6. The van der Waals surface area contributed by atoms with Crippen molar-refractivity contribution in [1.29, 1.82) is 0 Å². The third-order valence-electron chi connectivity index (χ3n) is 1.76. The number of nitrogens with two attached hydrogens (primary N) is 1. The number of carboxylic acid groups (broad SMARTS) is 1. The monoisotopic (exact) mass is 189 g/mol. The highest BCUT2D eigenvalue weighted by Gasteiger charge is 2.14. The van der Waals surface area contributed by atoms with E-state index in [1.54, 1.807) is 0 Å². The summed E-state index contributed by atoms with van der Waals surface area (Å²) in [5.74, 6) is -0.503. The molecular weight excluding hydrogens is 170 g/mol. The third-order valence-corrected chi connectivity index (χ3v) is 1.76. The topological polar surface area (TPSA) is 83.5 Å². The molecule has 0 aromatic heterocycles. The third kappa shape index (κ3) is 7.74. The van der Waals surface area contributed by atoms with Gasteiger partial charge >= 0.3 is 5.97 Å². The van der Waals surface area contributed by atoms with Crippen LogP contribution in [0.15, 0.2) is 0 Å². The molecule has 0 amide bonds. The van der Waals surface area contributed by atoms with Gasteiger partial charge in [-0.05, 0) is 18.8 Å². The van der Waals surface area contributed by atoms with Crippen LogP contribution in [0, 0.1) is 5.92 Å². The van der Waals surface area contributed by atoms with E-state index >= 15 is 0 Å². The van der Waals surface area contributed by atoms with Gasteiger partial charge in [0.1, 0.15) is 0 Å². The zero-order chi connectivity index (χ0) is 10.4. The molecule has 0 rings (SSSR count). The summed E-state index contributed by atoms with van der Waals surface area (Å²) in [6, 6.07) is -0.102. The molecule has 0 aromatic carbocycles. The smallest absolute Gasteiger partial charge is 0.305 e. The average molecular weight is 189 g/mol. The minimum atomic E-state index is -0.982. The summed E-state index contributed by atoms with van der Waals surface area (Å²) < 4.78 is 0. The molecule has 13 heavy (non-hydrogen) atoms. The second kappa shape index (κ2) is 5.94. The van der Waals surface area contributed by atoms with Crippen molar-refractivity contribution >= 4 is 5.97 Å². The molecule has 0 aliphatic heterocycles. The van der Waals surface area contributed by atoms with Gasteiger partial charge < -0.3 is 15.9 Å². The van der Waals surface area contributed by atoms with E-state index < -0.39 is 12.1 Å². The fraction of sp³-hybridized carbons (Fsp3) is 0.889. The number of aliphatic carboxylic acids is 1. The fourth-order valence-electron chi connectivity index (χ4n) is 1.34. The Morgan fingerprint density at radius 2 is 1.92 bits per heavy atom. The van der Waals surface area contributed by atoms with E-state index in [0.717, 1.165) is 6.42 Å². The number of aliphatic hydroxyl groups is 1. The molecular formula is C9H19NO3. The maximum atomic E-state index is 10.2. The van der Waals surface area contributed by atoms with Crippen LogP contribution < -0.4 is 5.73 Å². The summed E-state index contributed by atoms with van der Waals surface area (Å²) >= 11 is 0. The van der Waals surface area contributed by atoms with Crippen molar-refractivity contribution in [3.8, 4) is 0 Å². The Morgan fingerprint density at radius 1 is 1.38 bits per heavy atom. The second-order valence-electron chi connectivity index (χ2n) is 3.88. The Kier molecular flexibility index (Phi) is 5.66. The van der Waals surface area contributed by atoms with Gasteiger partial charge in [0.2, 0.25) is 0 Å². The predicted octanol–water partition coefficient (Wildman–Crippen LogP) is 0.586. The summed E-state index contributed by atoms with van der Waals surface area (Å²) in [6.07, 6.45) is 0.152. The van der Waals surface area contributed by atoms with Crippen molar-refractivity contribution in [3.63, 3.8) is 0 Å². The van der Waals surface area contributed by atoms with Crippen LogP contribution in [0.3, 0.4) is 0 Å². The van der Waals surface area contributed by atoms with Gasteiger partial charge in [-0.2, -0.15) is 0 Å². The van der Waals surface area contributed by atoms with Crippen molar-refractivity contribution in [2.45, 2.75) is 45.3 Å². The second-order valence-corrected chi connectivity index (χ2v) is 3.88. The highest BCUT2D eigenvalue weighted by molar-refractivity contribution is 5.67. The van der Waals surface area contributed by atoms with Gasteiger partial charge in [-0.3, -0.25) is 4.79 Å². The van der Waals surface area contributed by atoms with E-state index in [-0.39, 0.29) is 12.5 Å². The molecule has 0 fully saturated rings. The van der Waals surface area contributed by atoms with Crippen LogP contribution in [0.25, 0.3) is 0 Å². The molecule has 0 heterocycles. The van der Waals surface area contributed by atoms with Gasteiger partial charge in [0.25, 0.3) is 0 Å². The van der Waals surface area contributed by atoms with Crippen LogP contribution in [-0.4, -0.2) is 28.3 Å². The molecule has 0 saturated heterocycles. The van der Waals surface area contributed by atoms with E-state index in [1.165, 1.54) is 0 Å². The fourth-order valence-corrected chi connectivity index (χ4v) is 1.34. The summed E-state index contributed by atoms with van der Waals surface area (Å²) in [4.78, 5) is 10.2. The molecule has 4 N–H and O–H groups in total. The summed E-state index contributed by atoms with van der Waals surface area (Å²) in [6.45, 7) is 4.09. The Labute approximate surface area is 78.7 Å². The Hall–Kier alpha value is -0.610. The molecule has 4 heteroatoms. The molecule has 2 unspecified atom stereocenters. The van der Waals surface area contributed by atoms with Gasteiger partial charge in [0.15, 0.2) is 0 Å². The summed E-state index contributed by atoms with van der Waals surface area (Å²) in [7, 11) is 0. The average Bonchev–Trinajstić information content (AvgIpc) is 1.80. The molecule has 0 aromatic rings. The standard InChI is InChI=1S/C9H19NO3/c1-6(2)3-7(10)4-8(11)5-9(12)13/h6-8,11H,3-5,10H2,1-2H3,(H,12,13). The molecule has 0 aliphatic rings. The minimum Gasteiger partial charge on any atom is -0.481 e. The zero-order valence-corrected chi connectivity index (χ0v) is 8.23. The van der Waals surface area contributed by atoms with Gasteiger partial charge in [-0.15, -0.1) is 0 Å². The molecule has 0 aliphatic carbocycles. The lowest BCUT2D eigenvalue weighted by atomic mass is 9.98. The van der Waals surface area contributed by atoms with Crippen LogP contribution in [0.1, 0.15) is 33.1 Å². The molecule has 0 bridgehead atoms. The zero-order valence-electron chi connectivity index (χ0n) is 8.23. The summed E-state index contributed by atoms with van der Waals surface area (Å²) in [5.41, 5.74) is 5.70. The number of carbonyl (C=O) groups is 1. The van der Waals surface area contributed by atoms with Crippen molar-refractivity contribution in [2.75, 3.05) is 0 Å². The van der Waals surface area contributed by atoms with Crippen LogP contribution in [0.2, 0.25) is 0 Å². The number of hydrogen-bond donors (Lipinski definition) is 3. The van der Waals surface area contributed by atoms with Gasteiger partial charge in [-0.25, -0.2) is 0 Å². The Bertz CT molecular complexity index is 159. The van der Waals surface area contributed by atoms with Crippen molar-refractivity contribution in [3.05, 3.63) is 0 Å². The lowest BCUT2D eigenvalue weighted by molar-refractivity contribution is -0.139. The first-order chi connectivity index (χ1) is 5.91. The quantitative estimate of drug-likeness (QED) is 0.571. The van der Waals surface area contributed by atoms with Gasteiger partial charge in [0, 0.05) is 6.04 Å². The van der Waals surface area contributed by atoms with Crippen molar-refractivity contribution in [1.82, 2.24) is 0 Å². The first-order valence-corrected chi connectivity index (χ1v) is 4.57. The highest BCUT2D eigenvalue weighted by Crippen LogP contribution is 2.09. The van der Waals surface area contributed by atoms with E-state index in [4.69, 9.17) is 10.8 Å². The van der Waals surface area contributed by atoms with Crippen LogP contribution in [0.4, 0.5) is 0 Å². The molecule has 0 saturated carbocycles. The largest absolute Gasteiger partial charge is 0.481 e.